The zero-order valence-corrected chi connectivity index (χ0v) is 11.5. The first-order chi connectivity index (χ1) is 8.42. The number of hydrogen-bond acceptors (Lipinski definition) is 6. The smallest absolute Gasteiger partial charge is 0.149 e. The van der Waals surface area contributed by atoms with Gasteiger partial charge in [0.1, 0.15) is 21.3 Å². The summed E-state index contributed by atoms with van der Waals surface area (Å²) in [6, 6.07) is 4.62. The maximum Gasteiger partial charge on any atom is 0.149 e. The molecule has 18 heavy (non-hydrogen) atoms. The molecular formula is C11H18N2O4S. The van der Waals surface area contributed by atoms with E-state index in [9.17, 15) is 8.42 Å². The van der Waals surface area contributed by atoms with E-state index in [0.717, 1.165) is 6.26 Å². The maximum absolute atomic E-state index is 11.4. The molecule has 7 heteroatoms. The summed E-state index contributed by atoms with van der Waals surface area (Å²) in [5.41, 5.74) is 3.08. The standard InChI is InChI=1S/C11H18N2O4S/c1-16-9-5-4-6-10(17-2)11(9)8(13-12)7-18(3,14)15/h4-6,8,13H,7,12H2,1-3H3. The molecule has 0 saturated carbocycles. The SMILES string of the molecule is COc1cccc(OC)c1C(CS(C)(=O)=O)NN. The maximum atomic E-state index is 11.4. The van der Waals surface area contributed by atoms with E-state index >= 15 is 0 Å². The number of ether oxygens (including phenoxy) is 2. The second kappa shape index (κ2) is 6.03. The third-order valence-corrected chi connectivity index (χ3v) is 3.42. The monoisotopic (exact) mass is 274 g/mol. The first kappa shape index (κ1) is 14.7. The van der Waals surface area contributed by atoms with Gasteiger partial charge in [-0.1, -0.05) is 6.07 Å². The number of nitrogens with one attached hydrogen (secondary N) is 1. The van der Waals surface area contributed by atoms with Gasteiger partial charge in [-0.3, -0.25) is 11.3 Å². The van der Waals surface area contributed by atoms with Gasteiger partial charge in [0.2, 0.25) is 0 Å². The molecule has 0 aliphatic heterocycles. The Hall–Kier alpha value is -1.31. The van der Waals surface area contributed by atoms with Crippen molar-refractivity contribution in [3.05, 3.63) is 23.8 Å². The molecule has 0 bridgehead atoms. The molecule has 0 spiro atoms. The second-order valence-electron chi connectivity index (χ2n) is 3.89. The Labute approximate surface area is 107 Å². The lowest BCUT2D eigenvalue weighted by molar-refractivity contribution is 0.374. The van der Waals surface area contributed by atoms with Gasteiger partial charge in [-0.2, -0.15) is 0 Å². The molecule has 1 aromatic rings. The highest BCUT2D eigenvalue weighted by Gasteiger charge is 2.23. The number of nitrogens with two attached hydrogens (primary N) is 1. The van der Waals surface area contributed by atoms with Gasteiger partial charge in [0.15, 0.2) is 0 Å². The number of methoxy groups -OCH3 is 2. The number of hydrogen-bond donors (Lipinski definition) is 2. The van der Waals surface area contributed by atoms with Crippen molar-refractivity contribution >= 4 is 9.84 Å². The average molecular weight is 274 g/mol. The number of benzene rings is 1. The van der Waals surface area contributed by atoms with Crippen LogP contribution in [0.1, 0.15) is 11.6 Å². The van der Waals surface area contributed by atoms with E-state index in [2.05, 4.69) is 5.43 Å². The van der Waals surface area contributed by atoms with Crippen molar-refractivity contribution in [3.8, 4) is 11.5 Å². The third kappa shape index (κ3) is 3.59. The van der Waals surface area contributed by atoms with Gasteiger partial charge in [-0.05, 0) is 12.1 Å². The van der Waals surface area contributed by atoms with E-state index in [1.165, 1.54) is 14.2 Å². The number of rotatable bonds is 6. The molecule has 0 fully saturated rings. The van der Waals surface area contributed by atoms with Crippen LogP contribution in [0.4, 0.5) is 0 Å². The van der Waals surface area contributed by atoms with Crippen LogP contribution in [0, 0.1) is 0 Å². The molecule has 0 amide bonds. The Kier molecular flexibility index (Phi) is 4.94. The minimum absolute atomic E-state index is 0.139. The molecule has 102 valence electrons. The van der Waals surface area contributed by atoms with Crippen LogP contribution >= 0.6 is 0 Å². The summed E-state index contributed by atoms with van der Waals surface area (Å²) >= 11 is 0. The van der Waals surface area contributed by atoms with Crippen molar-refractivity contribution in [2.24, 2.45) is 5.84 Å². The number of hydrazine groups is 1. The van der Waals surface area contributed by atoms with Crippen LogP contribution in [0.3, 0.4) is 0 Å². The van der Waals surface area contributed by atoms with Crippen LogP contribution in [0.25, 0.3) is 0 Å². The molecule has 0 aromatic heterocycles. The van der Waals surface area contributed by atoms with Crippen LogP contribution in [0.5, 0.6) is 11.5 Å². The predicted octanol–water partition coefficient (Wildman–Crippen LogP) is 0.253. The van der Waals surface area contributed by atoms with Gasteiger partial charge >= 0.3 is 0 Å². The Morgan fingerprint density at radius 3 is 2.11 bits per heavy atom. The Balaban J connectivity index is 3.26. The Morgan fingerprint density at radius 1 is 1.28 bits per heavy atom. The quantitative estimate of drug-likeness (QED) is 0.571. The predicted molar refractivity (Wildman–Crippen MR) is 69.3 cm³/mol. The summed E-state index contributed by atoms with van der Waals surface area (Å²) < 4.78 is 33.2. The lowest BCUT2D eigenvalue weighted by atomic mass is 10.1. The van der Waals surface area contributed by atoms with Crippen molar-refractivity contribution in [2.45, 2.75) is 6.04 Å². The molecule has 0 saturated heterocycles. The minimum atomic E-state index is -3.19. The van der Waals surface area contributed by atoms with Gasteiger partial charge in [0, 0.05) is 6.26 Å². The summed E-state index contributed by atoms with van der Waals surface area (Å²) in [6.07, 6.45) is 1.15. The van der Waals surface area contributed by atoms with Gasteiger partial charge in [0.25, 0.3) is 0 Å². The average Bonchev–Trinajstić information content (AvgIpc) is 2.33. The fourth-order valence-corrected chi connectivity index (χ4v) is 2.61. The zero-order chi connectivity index (χ0) is 13.8. The molecule has 1 unspecified atom stereocenters. The van der Waals surface area contributed by atoms with E-state index in [1.807, 2.05) is 0 Å². The normalized spacial score (nSPS) is 13.1. The fourth-order valence-electron chi connectivity index (χ4n) is 1.74. The molecule has 0 aliphatic rings. The molecule has 0 aliphatic carbocycles. The van der Waals surface area contributed by atoms with Crippen molar-refractivity contribution < 1.29 is 17.9 Å². The van der Waals surface area contributed by atoms with E-state index < -0.39 is 15.9 Å². The molecule has 6 nitrogen and oxygen atoms in total. The van der Waals surface area contributed by atoms with Crippen LogP contribution in [0.2, 0.25) is 0 Å². The first-order valence-electron chi connectivity index (χ1n) is 5.27. The summed E-state index contributed by atoms with van der Waals surface area (Å²) in [6.45, 7) is 0. The summed E-state index contributed by atoms with van der Waals surface area (Å²) in [4.78, 5) is 0. The Bertz CT molecular complexity index is 480. The highest BCUT2D eigenvalue weighted by atomic mass is 32.2. The molecule has 1 atom stereocenters. The van der Waals surface area contributed by atoms with E-state index in [-0.39, 0.29) is 5.75 Å². The van der Waals surface area contributed by atoms with Gasteiger partial charge in [-0.15, -0.1) is 0 Å². The van der Waals surface area contributed by atoms with Crippen LogP contribution in [-0.2, 0) is 9.84 Å². The molecule has 1 rings (SSSR count). The molecular weight excluding hydrogens is 256 g/mol. The van der Waals surface area contributed by atoms with Crippen LogP contribution in [0.15, 0.2) is 18.2 Å². The van der Waals surface area contributed by atoms with E-state index in [4.69, 9.17) is 15.3 Å². The van der Waals surface area contributed by atoms with Crippen molar-refractivity contribution in [1.29, 1.82) is 0 Å². The fraction of sp³-hybridized carbons (Fsp3) is 0.455. The molecule has 0 heterocycles. The molecule has 1 aromatic carbocycles. The van der Waals surface area contributed by atoms with Crippen molar-refractivity contribution in [3.63, 3.8) is 0 Å². The van der Waals surface area contributed by atoms with E-state index in [0.29, 0.717) is 17.1 Å². The van der Waals surface area contributed by atoms with Gasteiger partial charge in [0.05, 0.1) is 31.6 Å². The van der Waals surface area contributed by atoms with Crippen LogP contribution < -0.4 is 20.7 Å². The highest BCUT2D eigenvalue weighted by Crippen LogP contribution is 2.34. The highest BCUT2D eigenvalue weighted by molar-refractivity contribution is 7.90. The summed E-state index contributed by atoms with van der Waals surface area (Å²) in [7, 11) is -0.175. The lowest BCUT2D eigenvalue weighted by Gasteiger charge is -2.20. The largest absolute Gasteiger partial charge is 0.496 e. The second-order valence-corrected chi connectivity index (χ2v) is 6.07. The zero-order valence-electron chi connectivity index (χ0n) is 10.6. The summed E-state index contributed by atoms with van der Waals surface area (Å²) in [5.74, 6) is 6.35. The first-order valence-corrected chi connectivity index (χ1v) is 7.33. The van der Waals surface area contributed by atoms with Crippen molar-refractivity contribution in [1.82, 2.24) is 5.43 Å². The summed E-state index contributed by atoms with van der Waals surface area (Å²) in [5, 5.41) is 0. The van der Waals surface area contributed by atoms with Crippen molar-refractivity contribution in [2.75, 3.05) is 26.2 Å². The lowest BCUT2D eigenvalue weighted by Crippen LogP contribution is -2.33. The molecule has 3 N–H and O–H groups in total. The Morgan fingerprint density at radius 2 is 1.78 bits per heavy atom. The number of sulfone groups is 1. The molecule has 0 radical (unpaired) electrons. The topological polar surface area (TPSA) is 90.6 Å². The van der Waals surface area contributed by atoms with Gasteiger partial charge in [-0.25, -0.2) is 8.42 Å². The minimum Gasteiger partial charge on any atom is -0.496 e. The van der Waals surface area contributed by atoms with Gasteiger partial charge < -0.3 is 9.47 Å². The van der Waals surface area contributed by atoms with E-state index in [1.54, 1.807) is 18.2 Å². The van der Waals surface area contributed by atoms with Crippen LogP contribution in [-0.4, -0.2) is 34.6 Å². The third-order valence-electron chi connectivity index (χ3n) is 2.49.